The average molecular weight is 256 g/mol. The fraction of sp³-hybridized carbons (Fsp3) is 0.417. The number of nitrogens with zero attached hydrogens (tertiary/aromatic N) is 1. The molecule has 0 aromatic heterocycles. The number of hydrogen-bond donors (Lipinski definition) is 0. The first kappa shape index (κ1) is 10.8. The first-order valence-electron chi connectivity index (χ1n) is 5.58. The van der Waals surface area contributed by atoms with E-state index in [1.807, 2.05) is 0 Å². The van der Waals surface area contributed by atoms with Crippen molar-refractivity contribution in [3.05, 3.63) is 34.6 Å². The Morgan fingerprint density at radius 3 is 2.82 bits per heavy atom. The van der Waals surface area contributed by atoms with Gasteiger partial charge in [-0.25, -0.2) is 9.18 Å². The van der Waals surface area contributed by atoms with E-state index in [9.17, 15) is 9.18 Å². The van der Waals surface area contributed by atoms with Crippen molar-refractivity contribution in [1.82, 2.24) is 4.90 Å². The Hall–Kier alpha value is -1.29. The third-order valence-corrected chi connectivity index (χ3v) is 3.48. The lowest BCUT2D eigenvalue weighted by Gasteiger charge is -2.12. The lowest BCUT2D eigenvalue weighted by atomic mass is 10.1. The van der Waals surface area contributed by atoms with Crippen LogP contribution in [0, 0.1) is 5.82 Å². The molecule has 3 nitrogen and oxygen atoms in total. The molecule has 90 valence electrons. The number of rotatable bonds is 2. The van der Waals surface area contributed by atoms with Crippen molar-refractivity contribution in [3.63, 3.8) is 0 Å². The van der Waals surface area contributed by atoms with E-state index in [1.54, 1.807) is 11.0 Å². The molecule has 1 amide bonds. The number of carbonyl (C=O) groups excluding carboxylic acids is 1. The van der Waals surface area contributed by atoms with Crippen LogP contribution in [-0.4, -0.2) is 23.6 Å². The molecule has 2 fully saturated rings. The largest absolute Gasteiger partial charge is 0.439 e. The molecule has 0 N–H and O–H groups in total. The summed E-state index contributed by atoms with van der Waals surface area (Å²) in [5, 5.41) is 0.306. The molecule has 0 radical (unpaired) electrons. The molecule has 0 spiro atoms. The van der Waals surface area contributed by atoms with Gasteiger partial charge in [-0.05, 0) is 25.0 Å². The Morgan fingerprint density at radius 1 is 1.41 bits per heavy atom. The maximum atomic E-state index is 13.7. The quantitative estimate of drug-likeness (QED) is 0.813. The molecular weight excluding hydrogens is 245 g/mol. The standard InChI is InChI=1S/C12H11ClFNO2/c13-8-2-1-3-9(14)11(8)10-6-15(7-4-5-7)12(16)17-10/h1-3,7,10H,4-6H2. The van der Waals surface area contributed by atoms with Crippen molar-refractivity contribution in [2.75, 3.05) is 6.54 Å². The Morgan fingerprint density at radius 2 is 2.18 bits per heavy atom. The lowest BCUT2D eigenvalue weighted by Crippen LogP contribution is -2.26. The van der Waals surface area contributed by atoms with Crippen LogP contribution in [0.5, 0.6) is 0 Å². The minimum atomic E-state index is -0.586. The van der Waals surface area contributed by atoms with Crippen LogP contribution < -0.4 is 0 Å². The van der Waals surface area contributed by atoms with Crippen molar-refractivity contribution in [2.24, 2.45) is 0 Å². The van der Waals surface area contributed by atoms with Crippen molar-refractivity contribution in [3.8, 4) is 0 Å². The molecule has 1 atom stereocenters. The fourth-order valence-electron chi connectivity index (χ4n) is 2.13. The van der Waals surface area contributed by atoms with E-state index in [2.05, 4.69) is 0 Å². The molecule has 5 heteroatoms. The lowest BCUT2D eigenvalue weighted by molar-refractivity contribution is 0.131. The van der Waals surface area contributed by atoms with Gasteiger partial charge in [0.25, 0.3) is 0 Å². The van der Waals surface area contributed by atoms with E-state index >= 15 is 0 Å². The zero-order valence-electron chi connectivity index (χ0n) is 9.03. The molecule has 1 aromatic rings. The van der Waals surface area contributed by atoms with Gasteiger partial charge in [0.15, 0.2) is 6.10 Å². The molecule has 1 saturated heterocycles. The molecule has 1 saturated carbocycles. The Kier molecular flexibility index (Phi) is 2.47. The van der Waals surface area contributed by atoms with Crippen molar-refractivity contribution < 1.29 is 13.9 Å². The van der Waals surface area contributed by atoms with Gasteiger partial charge in [-0.2, -0.15) is 0 Å². The highest BCUT2D eigenvalue weighted by Gasteiger charge is 2.42. The minimum absolute atomic E-state index is 0.276. The Labute approximate surface area is 103 Å². The molecule has 3 rings (SSSR count). The molecule has 1 aromatic carbocycles. The second-order valence-corrected chi connectivity index (χ2v) is 4.80. The van der Waals surface area contributed by atoms with Gasteiger partial charge in [0.1, 0.15) is 5.82 Å². The maximum Gasteiger partial charge on any atom is 0.410 e. The van der Waals surface area contributed by atoms with Crippen molar-refractivity contribution in [1.29, 1.82) is 0 Å². The van der Waals surface area contributed by atoms with Crippen molar-refractivity contribution in [2.45, 2.75) is 25.0 Å². The first-order chi connectivity index (χ1) is 8.16. The Bertz CT molecular complexity index is 455. The normalized spacial score (nSPS) is 24.0. The van der Waals surface area contributed by atoms with Gasteiger partial charge in [0.2, 0.25) is 0 Å². The van der Waals surface area contributed by atoms with E-state index in [-0.39, 0.29) is 17.7 Å². The zero-order valence-corrected chi connectivity index (χ0v) is 9.78. The topological polar surface area (TPSA) is 29.5 Å². The fourth-order valence-corrected chi connectivity index (χ4v) is 2.42. The van der Waals surface area contributed by atoms with Crippen LogP contribution in [0.25, 0.3) is 0 Å². The highest BCUT2D eigenvalue weighted by molar-refractivity contribution is 6.31. The Balaban J connectivity index is 1.88. The number of hydrogen-bond acceptors (Lipinski definition) is 2. The molecule has 1 aliphatic heterocycles. The summed E-state index contributed by atoms with van der Waals surface area (Å²) in [5.74, 6) is -0.423. The third-order valence-electron chi connectivity index (χ3n) is 3.15. The smallest absolute Gasteiger partial charge is 0.410 e. The number of cyclic esters (lactones) is 1. The summed E-state index contributed by atoms with van der Waals surface area (Å²) in [6.45, 7) is 0.393. The van der Waals surface area contributed by atoms with Gasteiger partial charge in [-0.15, -0.1) is 0 Å². The van der Waals surface area contributed by atoms with Crippen LogP contribution in [0.4, 0.5) is 9.18 Å². The van der Waals surface area contributed by atoms with Crippen molar-refractivity contribution >= 4 is 17.7 Å². The summed E-state index contributed by atoms with van der Waals surface area (Å²) < 4.78 is 18.9. The summed E-state index contributed by atoms with van der Waals surface area (Å²) in [7, 11) is 0. The van der Waals surface area contributed by atoms with Gasteiger partial charge in [0, 0.05) is 11.6 Å². The maximum absolute atomic E-state index is 13.7. The SMILES string of the molecule is O=C1OC(c2c(F)cccc2Cl)CN1C1CC1. The average Bonchev–Trinajstić information content (AvgIpc) is 3.03. The molecule has 0 bridgehead atoms. The molecule has 1 heterocycles. The summed E-state index contributed by atoms with van der Waals surface area (Å²) in [6.07, 6.45) is 1.06. The highest BCUT2D eigenvalue weighted by Crippen LogP contribution is 2.38. The van der Waals surface area contributed by atoms with E-state index in [4.69, 9.17) is 16.3 Å². The van der Waals surface area contributed by atoms with Crippen LogP contribution in [-0.2, 0) is 4.74 Å². The summed E-state index contributed by atoms with van der Waals surface area (Å²) in [5.41, 5.74) is 0.283. The molecule has 2 aliphatic rings. The number of carbonyl (C=O) groups is 1. The van der Waals surface area contributed by atoms with E-state index in [0.29, 0.717) is 11.6 Å². The van der Waals surface area contributed by atoms with Gasteiger partial charge in [0.05, 0.1) is 11.6 Å². The van der Waals surface area contributed by atoms with Crippen LogP contribution in [0.3, 0.4) is 0 Å². The zero-order chi connectivity index (χ0) is 12.0. The number of ether oxygens (including phenoxy) is 1. The summed E-state index contributed by atoms with van der Waals surface area (Å²) in [6, 6.07) is 4.75. The third kappa shape index (κ3) is 1.86. The van der Waals surface area contributed by atoms with Gasteiger partial charge in [-0.3, -0.25) is 0 Å². The first-order valence-corrected chi connectivity index (χ1v) is 5.96. The summed E-state index contributed by atoms with van der Waals surface area (Å²) in [4.78, 5) is 13.3. The minimum Gasteiger partial charge on any atom is -0.439 e. The predicted octanol–water partition coefficient (Wildman–Crippen LogP) is 3.13. The van der Waals surface area contributed by atoms with Gasteiger partial charge in [-0.1, -0.05) is 17.7 Å². The van der Waals surface area contributed by atoms with E-state index < -0.39 is 11.9 Å². The molecular formula is C12H11ClFNO2. The van der Waals surface area contributed by atoms with E-state index in [0.717, 1.165) is 12.8 Å². The number of halogens is 2. The highest BCUT2D eigenvalue weighted by atomic mass is 35.5. The van der Waals surface area contributed by atoms with Crippen LogP contribution in [0.2, 0.25) is 5.02 Å². The number of benzene rings is 1. The van der Waals surface area contributed by atoms with Gasteiger partial charge < -0.3 is 9.64 Å². The monoisotopic (exact) mass is 255 g/mol. The second kappa shape index (κ2) is 3.88. The van der Waals surface area contributed by atoms with E-state index in [1.165, 1.54) is 12.1 Å². The van der Waals surface area contributed by atoms with Gasteiger partial charge >= 0.3 is 6.09 Å². The molecule has 17 heavy (non-hydrogen) atoms. The van der Waals surface area contributed by atoms with Crippen LogP contribution in [0.15, 0.2) is 18.2 Å². The molecule has 1 unspecified atom stereocenters. The predicted molar refractivity (Wildman–Crippen MR) is 60.4 cm³/mol. The second-order valence-electron chi connectivity index (χ2n) is 4.39. The number of amides is 1. The van der Waals surface area contributed by atoms with Crippen LogP contribution >= 0.6 is 11.6 Å². The summed E-state index contributed by atoms with van der Waals surface area (Å²) >= 11 is 5.95. The molecule has 1 aliphatic carbocycles. The van der Waals surface area contributed by atoms with Crippen LogP contribution in [0.1, 0.15) is 24.5 Å².